The molecule has 1 rings (SSSR count). The topological polar surface area (TPSA) is 86.0 Å². The van der Waals surface area contributed by atoms with Crippen molar-refractivity contribution in [3.63, 3.8) is 0 Å². The summed E-state index contributed by atoms with van der Waals surface area (Å²) in [4.78, 5) is 39.3. The average Bonchev–Trinajstić information content (AvgIpc) is 2.23. The Morgan fingerprint density at radius 2 is 2.19 bits per heavy atom. The number of nitrogens with zero attached hydrogens (tertiary/aromatic N) is 1. The zero-order valence-corrected chi connectivity index (χ0v) is 8.74. The fourth-order valence-corrected chi connectivity index (χ4v) is 1.19. The quantitative estimate of drug-likeness (QED) is 0.652. The SMILES string of the molecule is C#CCN(CC)C(=O)c1cc(=O)[nH]c(=O)[nH]1. The van der Waals surface area contributed by atoms with E-state index in [-0.39, 0.29) is 12.2 Å². The first kappa shape index (κ1) is 11.8. The summed E-state index contributed by atoms with van der Waals surface area (Å²) in [6, 6.07) is 1.03. The second kappa shape index (κ2) is 4.98. The van der Waals surface area contributed by atoms with Crippen LogP contribution in [0.1, 0.15) is 17.4 Å². The number of H-pyrrole nitrogens is 2. The highest BCUT2D eigenvalue weighted by Gasteiger charge is 2.14. The van der Waals surface area contributed by atoms with Gasteiger partial charge < -0.3 is 9.88 Å². The molecule has 0 fully saturated rings. The molecule has 0 aromatic carbocycles. The zero-order chi connectivity index (χ0) is 12.1. The van der Waals surface area contributed by atoms with E-state index in [1.54, 1.807) is 6.92 Å². The molecule has 16 heavy (non-hydrogen) atoms. The number of nitrogens with one attached hydrogen (secondary N) is 2. The number of aromatic nitrogens is 2. The van der Waals surface area contributed by atoms with E-state index in [1.807, 2.05) is 4.98 Å². The van der Waals surface area contributed by atoms with Crippen LogP contribution in [0.5, 0.6) is 0 Å². The maximum atomic E-state index is 11.8. The predicted octanol–water partition coefficient (Wildman–Crippen LogP) is -0.841. The number of aromatic amines is 2. The van der Waals surface area contributed by atoms with Gasteiger partial charge in [-0.05, 0) is 6.92 Å². The van der Waals surface area contributed by atoms with Crippen LogP contribution in [0.4, 0.5) is 0 Å². The molecular weight excluding hydrogens is 210 g/mol. The molecule has 0 aliphatic carbocycles. The summed E-state index contributed by atoms with van der Waals surface area (Å²) in [7, 11) is 0. The second-order valence-corrected chi connectivity index (χ2v) is 3.02. The maximum absolute atomic E-state index is 11.8. The minimum Gasteiger partial charge on any atom is -0.327 e. The molecule has 1 heterocycles. The molecule has 1 amide bonds. The minimum atomic E-state index is -0.715. The molecular formula is C10H11N3O3. The Hall–Kier alpha value is -2.29. The van der Waals surface area contributed by atoms with Gasteiger partial charge in [-0.2, -0.15) is 0 Å². The molecule has 0 aliphatic heterocycles. The fourth-order valence-electron chi connectivity index (χ4n) is 1.19. The minimum absolute atomic E-state index is 0.0640. The van der Waals surface area contributed by atoms with Crippen molar-refractivity contribution in [2.75, 3.05) is 13.1 Å². The molecule has 0 spiro atoms. The van der Waals surface area contributed by atoms with Crippen LogP contribution in [-0.2, 0) is 0 Å². The molecule has 6 nitrogen and oxygen atoms in total. The number of terminal acetylenes is 1. The summed E-state index contributed by atoms with van der Waals surface area (Å²) in [5.74, 6) is 1.86. The lowest BCUT2D eigenvalue weighted by Crippen LogP contribution is -2.35. The number of amides is 1. The first-order valence-corrected chi connectivity index (χ1v) is 4.65. The Kier molecular flexibility index (Phi) is 3.67. The molecule has 0 saturated carbocycles. The van der Waals surface area contributed by atoms with Crippen molar-refractivity contribution in [3.05, 3.63) is 32.6 Å². The van der Waals surface area contributed by atoms with Crippen LogP contribution >= 0.6 is 0 Å². The van der Waals surface area contributed by atoms with E-state index in [4.69, 9.17) is 6.42 Å². The highest BCUT2D eigenvalue weighted by Crippen LogP contribution is 1.96. The lowest BCUT2D eigenvalue weighted by Gasteiger charge is -2.17. The summed E-state index contributed by atoms with van der Waals surface area (Å²) in [5, 5.41) is 0. The molecule has 0 saturated heterocycles. The Balaban J connectivity index is 3.09. The summed E-state index contributed by atoms with van der Waals surface area (Å²) >= 11 is 0. The van der Waals surface area contributed by atoms with E-state index in [0.29, 0.717) is 6.54 Å². The van der Waals surface area contributed by atoms with E-state index in [2.05, 4.69) is 10.9 Å². The van der Waals surface area contributed by atoms with Crippen LogP contribution in [0.3, 0.4) is 0 Å². The van der Waals surface area contributed by atoms with E-state index < -0.39 is 17.2 Å². The number of carbonyl (C=O) groups is 1. The van der Waals surface area contributed by atoms with Gasteiger partial charge in [0.25, 0.3) is 11.5 Å². The van der Waals surface area contributed by atoms with Gasteiger partial charge in [-0.15, -0.1) is 6.42 Å². The predicted molar refractivity (Wildman–Crippen MR) is 58.1 cm³/mol. The standard InChI is InChI=1S/C10H11N3O3/c1-3-5-13(4-2)9(15)7-6-8(14)12-10(16)11-7/h1,6H,4-5H2,2H3,(H2,11,12,14,16). The Bertz CT molecular complexity index is 507. The molecule has 84 valence electrons. The third kappa shape index (κ3) is 2.60. The van der Waals surface area contributed by atoms with Gasteiger partial charge in [0.15, 0.2) is 0 Å². The molecule has 0 bridgehead atoms. The monoisotopic (exact) mass is 221 g/mol. The largest absolute Gasteiger partial charge is 0.327 e. The number of carbonyl (C=O) groups excluding carboxylic acids is 1. The van der Waals surface area contributed by atoms with Crippen LogP contribution < -0.4 is 11.2 Å². The zero-order valence-electron chi connectivity index (χ0n) is 8.74. The Morgan fingerprint density at radius 1 is 1.50 bits per heavy atom. The smallest absolute Gasteiger partial charge is 0.326 e. The van der Waals surface area contributed by atoms with Gasteiger partial charge in [0.2, 0.25) is 0 Å². The van der Waals surface area contributed by atoms with Crippen molar-refractivity contribution in [1.29, 1.82) is 0 Å². The maximum Gasteiger partial charge on any atom is 0.326 e. The second-order valence-electron chi connectivity index (χ2n) is 3.02. The van der Waals surface area contributed by atoms with Gasteiger partial charge in [0.05, 0.1) is 6.54 Å². The number of hydrogen-bond donors (Lipinski definition) is 2. The van der Waals surface area contributed by atoms with Gasteiger partial charge in [0, 0.05) is 12.6 Å². The lowest BCUT2D eigenvalue weighted by molar-refractivity contribution is 0.0778. The van der Waals surface area contributed by atoms with E-state index in [1.165, 1.54) is 4.90 Å². The van der Waals surface area contributed by atoms with Crippen LogP contribution in [0.2, 0.25) is 0 Å². The van der Waals surface area contributed by atoms with Crippen molar-refractivity contribution >= 4 is 5.91 Å². The highest BCUT2D eigenvalue weighted by atomic mass is 16.2. The molecule has 1 aromatic heterocycles. The molecule has 0 unspecified atom stereocenters. The van der Waals surface area contributed by atoms with Gasteiger partial charge >= 0.3 is 5.69 Å². The number of rotatable bonds is 3. The highest BCUT2D eigenvalue weighted by molar-refractivity contribution is 5.92. The third-order valence-electron chi connectivity index (χ3n) is 1.94. The molecule has 0 atom stereocenters. The van der Waals surface area contributed by atoms with Crippen LogP contribution in [0.15, 0.2) is 15.7 Å². The summed E-state index contributed by atoms with van der Waals surface area (Å²) in [5.41, 5.74) is -1.40. The van der Waals surface area contributed by atoms with E-state index in [0.717, 1.165) is 6.07 Å². The van der Waals surface area contributed by atoms with Crippen LogP contribution in [-0.4, -0.2) is 33.9 Å². The molecule has 2 N–H and O–H groups in total. The van der Waals surface area contributed by atoms with Gasteiger partial charge in [-0.3, -0.25) is 14.6 Å². The first-order valence-electron chi connectivity index (χ1n) is 4.65. The van der Waals surface area contributed by atoms with Crippen LogP contribution in [0, 0.1) is 12.3 Å². The van der Waals surface area contributed by atoms with Gasteiger partial charge in [0.1, 0.15) is 5.69 Å². The van der Waals surface area contributed by atoms with Crippen LogP contribution in [0.25, 0.3) is 0 Å². The Morgan fingerprint density at radius 3 is 2.69 bits per heavy atom. The third-order valence-corrected chi connectivity index (χ3v) is 1.94. The van der Waals surface area contributed by atoms with Crippen molar-refractivity contribution < 1.29 is 4.79 Å². The summed E-state index contributed by atoms with van der Waals surface area (Å²) in [6.07, 6.45) is 5.10. The van der Waals surface area contributed by atoms with Gasteiger partial charge in [-0.1, -0.05) is 5.92 Å². The number of hydrogen-bond acceptors (Lipinski definition) is 3. The molecule has 0 aliphatic rings. The van der Waals surface area contributed by atoms with Crippen molar-refractivity contribution in [2.45, 2.75) is 6.92 Å². The lowest BCUT2D eigenvalue weighted by atomic mass is 10.3. The molecule has 1 aromatic rings. The van der Waals surface area contributed by atoms with Gasteiger partial charge in [-0.25, -0.2) is 4.79 Å². The Labute approximate surface area is 91.3 Å². The first-order chi connectivity index (χ1) is 7.58. The molecule has 6 heteroatoms. The molecule has 0 radical (unpaired) electrons. The van der Waals surface area contributed by atoms with Crippen molar-refractivity contribution in [2.24, 2.45) is 0 Å². The van der Waals surface area contributed by atoms with E-state index in [9.17, 15) is 14.4 Å². The normalized spacial score (nSPS) is 9.50. The summed E-state index contributed by atoms with van der Waals surface area (Å²) in [6.45, 7) is 2.28. The summed E-state index contributed by atoms with van der Waals surface area (Å²) < 4.78 is 0. The van der Waals surface area contributed by atoms with Crippen molar-refractivity contribution in [1.82, 2.24) is 14.9 Å². The average molecular weight is 221 g/mol. The van der Waals surface area contributed by atoms with E-state index >= 15 is 0 Å². The van der Waals surface area contributed by atoms with Crippen molar-refractivity contribution in [3.8, 4) is 12.3 Å². The fraction of sp³-hybridized carbons (Fsp3) is 0.300.